The van der Waals surface area contributed by atoms with Crippen LogP contribution in [0.5, 0.6) is 0 Å². The third-order valence-electron chi connectivity index (χ3n) is 3.82. The van der Waals surface area contributed by atoms with Crippen LogP contribution in [-0.2, 0) is 11.2 Å². The molecule has 1 heterocycles. The van der Waals surface area contributed by atoms with E-state index < -0.39 is 0 Å². The van der Waals surface area contributed by atoms with Gasteiger partial charge in [-0.1, -0.05) is 30.7 Å². The minimum Gasteiger partial charge on any atom is -0.377 e. The topological polar surface area (TPSA) is 21.3 Å². The molecular weight excluding hydrogens is 222 g/mol. The van der Waals surface area contributed by atoms with Gasteiger partial charge in [0.2, 0.25) is 0 Å². The monoisotopic (exact) mass is 247 g/mol. The van der Waals surface area contributed by atoms with Crippen molar-refractivity contribution in [3.8, 4) is 0 Å². The molecular formula is C16H25NO. The number of ether oxygens (including phenoxy) is 1. The highest BCUT2D eigenvalue weighted by Gasteiger charge is 2.25. The Kier molecular flexibility index (Phi) is 4.79. The van der Waals surface area contributed by atoms with Crippen LogP contribution in [0.3, 0.4) is 0 Å². The van der Waals surface area contributed by atoms with Gasteiger partial charge in [0.25, 0.3) is 0 Å². The molecule has 0 radical (unpaired) electrons. The van der Waals surface area contributed by atoms with Gasteiger partial charge in [-0.15, -0.1) is 0 Å². The van der Waals surface area contributed by atoms with Gasteiger partial charge in [0.15, 0.2) is 0 Å². The van der Waals surface area contributed by atoms with Crippen LogP contribution in [0.4, 0.5) is 0 Å². The number of nitrogens with one attached hydrogen (secondary N) is 1. The van der Waals surface area contributed by atoms with Gasteiger partial charge >= 0.3 is 0 Å². The van der Waals surface area contributed by atoms with E-state index in [-0.39, 0.29) is 0 Å². The lowest BCUT2D eigenvalue weighted by molar-refractivity contribution is 0.0788. The molecule has 2 atom stereocenters. The summed E-state index contributed by atoms with van der Waals surface area (Å²) >= 11 is 0. The van der Waals surface area contributed by atoms with E-state index >= 15 is 0 Å². The van der Waals surface area contributed by atoms with E-state index in [1.807, 2.05) is 0 Å². The lowest BCUT2D eigenvalue weighted by atomic mass is 9.95. The lowest BCUT2D eigenvalue weighted by Gasteiger charge is -2.24. The van der Waals surface area contributed by atoms with Gasteiger partial charge in [-0.2, -0.15) is 0 Å². The Morgan fingerprint density at radius 1 is 1.39 bits per heavy atom. The van der Waals surface area contributed by atoms with Crippen LogP contribution in [0.15, 0.2) is 18.2 Å². The molecule has 18 heavy (non-hydrogen) atoms. The van der Waals surface area contributed by atoms with Crippen LogP contribution in [-0.4, -0.2) is 25.3 Å². The van der Waals surface area contributed by atoms with Gasteiger partial charge in [0, 0.05) is 12.6 Å². The van der Waals surface area contributed by atoms with Crippen LogP contribution >= 0.6 is 0 Å². The number of rotatable bonds is 5. The Labute approximate surface area is 111 Å². The Hall–Kier alpha value is -0.860. The first-order chi connectivity index (χ1) is 8.70. The molecule has 1 aromatic rings. The number of hydrogen-bond donors (Lipinski definition) is 1. The van der Waals surface area contributed by atoms with Gasteiger partial charge in [-0.3, -0.25) is 0 Å². The summed E-state index contributed by atoms with van der Waals surface area (Å²) < 4.78 is 5.85. The third-order valence-corrected chi connectivity index (χ3v) is 3.82. The van der Waals surface area contributed by atoms with Crippen molar-refractivity contribution in [3.63, 3.8) is 0 Å². The fourth-order valence-corrected chi connectivity index (χ4v) is 2.77. The van der Waals surface area contributed by atoms with Gasteiger partial charge in [-0.25, -0.2) is 0 Å². The minimum absolute atomic E-state index is 0.393. The van der Waals surface area contributed by atoms with Crippen LogP contribution in [0.1, 0.15) is 36.5 Å². The van der Waals surface area contributed by atoms with Crippen LogP contribution < -0.4 is 5.32 Å². The van der Waals surface area contributed by atoms with E-state index in [1.54, 1.807) is 0 Å². The van der Waals surface area contributed by atoms with Crippen LogP contribution in [0.25, 0.3) is 0 Å². The summed E-state index contributed by atoms with van der Waals surface area (Å²) in [5.41, 5.74) is 4.19. The molecule has 1 saturated heterocycles. The first kappa shape index (κ1) is 13.6. The number of hydrogen-bond acceptors (Lipinski definition) is 2. The third kappa shape index (κ3) is 3.33. The van der Waals surface area contributed by atoms with E-state index in [9.17, 15) is 0 Å². The molecule has 1 fully saturated rings. The van der Waals surface area contributed by atoms with Crippen molar-refractivity contribution in [2.24, 2.45) is 0 Å². The summed E-state index contributed by atoms with van der Waals surface area (Å²) in [6.45, 7) is 8.48. The van der Waals surface area contributed by atoms with Crippen molar-refractivity contribution >= 4 is 0 Å². The van der Waals surface area contributed by atoms with Crippen molar-refractivity contribution in [2.75, 3.05) is 13.2 Å². The molecule has 2 nitrogen and oxygen atoms in total. The summed E-state index contributed by atoms with van der Waals surface area (Å²) in [5.74, 6) is 0. The highest BCUT2D eigenvalue weighted by atomic mass is 16.5. The van der Waals surface area contributed by atoms with E-state index in [0.29, 0.717) is 12.1 Å². The second kappa shape index (κ2) is 6.35. The summed E-state index contributed by atoms with van der Waals surface area (Å²) in [7, 11) is 0. The van der Waals surface area contributed by atoms with Crippen molar-refractivity contribution < 1.29 is 4.74 Å². The molecule has 0 aliphatic carbocycles. The SMILES string of the molecule is CCNC(Cc1cc(C)ccc1C)C1CCCO1. The number of benzene rings is 1. The molecule has 0 spiro atoms. The molecule has 1 aliphatic rings. The van der Waals surface area contributed by atoms with E-state index in [2.05, 4.69) is 44.3 Å². The molecule has 2 unspecified atom stereocenters. The molecule has 1 aromatic carbocycles. The Bertz CT molecular complexity index is 383. The molecule has 1 N–H and O–H groups in total. The Morgan fingerprint density at radius 3 is 2.89 bits per heavy atom. The van der Waals surface area contributed by atoms with Gasteiger partial charge < -0.3 is 10.1 Å². The molecule has 0 bridgehead atoms. The first-order valence-corrected chi connectivity index (χ1v) is 7.12. The second-order valence-electron chi connectivity index (χ2n) is 5.35. The average Bonchev–Trinajstić information content (AvgIpc) is 2.87. The quantitative estimate of drug-likeness (QED) is 0.863. The zero-order chi connectivity index (χ0) is 13.0. The summed E-state index contributed by atoms with van der Waals surface area (Å²) in [6, 6.07) is 7.18. The molecule has 0 saturated carbocycles. The van der Waals surface area contributed by atoms with Crippen LogP contribution in [0.2, 0.25) is 0 Å². The predicted molar refractivity (Wildman–Crippen MR) is 76.1 cm³/mol. The smallest absolute Gasteiger partial charge is 0.0732 e. The standard InChI is InChI=1S/C16H25NO/c1-4-17-15(16-6-5-9-18-16)11-14-10-12(2)7-8-13(14)3/h7-8,10,15-17H,4-6,9,11H2,1-3H3. The zero-order valence-electron chi connectivity index (χ0n) is 11.8. The maximum Gasteiger partial charge on any atom is 0.0732 e. The molecule has 0 amide bonds. The maximum absolute atomic E-state index is 5.85. The fourth-order valence-electron chi connectivity index (χ4n) is 2.77. The minimum atomic E-state index is 0.393. The molecule has 100 valence electrons. The van der Waals surface area contributed by atoms with Crippen molar-refractivity contribution in [3.05, 3.63) is 34.9 Å². The Balaban J connectivity index is 2.09. The number of likely N-dealkylation sites (N-methyl/N-ethyl adjacent to an activating group) is 1. The molecule has 0 aromatic heterocycles. The largest absolute Gasteiger partial charge is 0.377 e. The van der Waals surface area contributed by atoms with E-state index in [0.717, 1.165) is 19.6 Å². The first-order valence-electron chi connectivity index (χ1n) is 7.12. The maximum atomic E-state index is 5.85. The summed E-state index contributed by atoms with van der Waals surface area (Å²) in [6.07, 6.45) is 3.87. The van der Waals surface area contributed by atoms with Gasteiger partial charge in [0.05, 0.1) is 6.10 Å². The van der Waals surface area contributed by atoms with Crippen molar-refractivity contribution in [2.45, 2.75) is 52.2 Å². The molecule has 1 aliphatic heterocycles. The molecule has 2 heteroatoms. The number of aryl methyl sites for hydroxylation is 2. The van der Waals surface area contributed by atoms with Gasteiger partial charge in [0.1, 0.15) is 0 Å². The summed E-state index contributed by atoms with van der Waals surface area (Å²) in [5, 5.41) is 3.59. The Morgan fingerprint density at radius 2 is 2.22 bits per heavy atom. The zero-order valence-corrected chi connectivity index (χ0v) is 11.8. The second-order valence-corrected chi connectivity index (χ2v) is 5.35. The van der Waals surface area contributed by atoms with Gasteiger partial charge in [-0.05, 0) is 50.8 Å². The van der Waals surface area contributed by atoms with Crippen molar-refractivity contribution in [1.29, 1.82) is 0 Å². The summed E-state index contributed by atoms with van der Waals surface area (Å²) in [4.78, 5) is 0. The lowest BCUT2D eigenvalue weighted by Crippen LogP contribution is -2.41. The highest BCUT2D eigenvalue weighted by molar-refractivity contribution is 5.31. The fraction of sp³-hybridized carbons (Fsp3) is 0.625. The average molecular weight is 247 g/mol. The van der Waals surface area contributed by atoms with Crippen molar-refractivity contribution in [1.82, 2.24) is 5.32 Å². The molecule has 2 rings (SSSR count). The predicted octanol–water partition coefficient (Wildman–Crippen LogP) is 3.00. The normalized spacial score (nSPS) is 21.2. The van der Waals surface area contributed by atoms with E-state index in [1.165, 1.54) is 29.5 Å². The highest BCUT2D eigenvalue weighted by Crippen LogP contribution is 2.20. The van der Waals surface area contributed by atoms with E-state index in [4.69, 9.17) is 4.74 Å². The van der Waals surface area contributed by atoms with Crippen LogP contribution in [0, 0.1) is 13.8 Å².